The van der Waals surface area contributed by atoms with Crippen LogP contribution in [0, 0.1) is 0 Å². The van der Waals surface area contributed by atoms with Crippen molar-refractivity contribution in [1.29, 1.82) is 0 Å². The topological polar surface area (TPSA) is 69.6 Å². The first-order valence-electron chi connectivity index (χ1n) is 6.09. The van der Waals surface area contributed by atoms with Crippen LogP contribution in [0.4, 0.5) is 4.79 Å². The third-order valence-corrected chi connectivity index (χ3v) is 3.59. The molecule has 19 heavy (non-hydrogen) atoms. The summed E-state index contributed by atoms with van der Waals surface area (Å²) in [7, 11) is 0. The molecule has 0 aliphatic rings. The number of carboxylic acid groups (broad SMARTS) is 1. The average Bonchev–Trinajstić information content (AvgIpc) is 2.83. The number of thiophene rings is 1. The maximum absolute atomic E-state index is 11.7. The fourth-order valence-electron chi connectivity index (χ4n) is 1.52. The smallest absolute Gasteiger partial charge is 0.328 e. The second-order valence-electron chi connectivity index (χ2n) is 3.81. The van der Waals surface area contributed by atoms with Gasteiger partial charge in [0, 0.05) is 28.9 Å². The highest BCUT2D eigenvalue weighted by Gasteiger charge is 2.08. The van der Waals surface area contributed by atoms with Crippen LogP contribution >= 0.6 is 11.3 Å². The minimum atomic E-state index is -0.968. The first kappa shape index (κ1) is 15.2. The van der Waals surface area contributed by atoms with E-state index >= 15 is 0 Å². The van der Waals surface area contributed by atoms with Crippen LogP contribution in [0.5, 0.6) is 0 Å². The Bertz CT molecular complexity index is 464. The van der Waals surface area contributed by atoms with Gasteiger partial charge in [-0.1, -0.05) is 0 Å². The molecule has 104 valence electrons. The second kappa shape index (κ2) is 7.58. The standard InChI is InChI=1S/C13H18N2O3S/c1-3-15(4-2)13(18)14-9-11-6-5-10(19-11)7-8-12(16)17/h5-8H,3-4,9H2,1-2H3,(H,14,18)(H,16,17). The zero-order valence-corrected chi connectivity index (χ0v) is 11.9. The lowest BCUT2D eigenvalue weighted by Gasteiger charge is -2.18. The normalized spacial score (nSPS) is 10.6. The predicted octanol–water partition coefficient (Wildman–Crippen LogP) is 2.40. The summed E-state index contributed by atoms with van der Waals surface area (Å²) >= 11 is 1.46. The lowest BCUT2D eigenvalue weighted by molar-refractivity contribution is -0.131. The summed E-state index contributed by atoms with van der Waals surface area (Å²) in [6.45, 7) is 5.69. The van der Waals surface area contributed by atoms with Crippen LogP contribution in [0.1, 0.15) is 23.6 Å². The number of carboxylic acids is 1. The first-order valence-corrected chi connectivity index (χ1v) is 6.91. The van der Waals surface area contributed by atoms with E-state index in [4.69, 9.17) is 5.11 Å². The molecule has 0 aliphatic heterocycles. The largest absolute Gasteiger partial charge is 0.478 e. The van der Waals surface area contributed by atoms with Gasteiger partial charge in [-0.15, -0.1) is 11.3 Å². The number of aliphatic carboxylic acids is 1. The van der Waals surface area contributed by atoms with E-state index in [1.54, 1.807) is 11.0 Å². The molecule has 2 N–H and O–H groups in total. The van der Waals surface area contributed by atoms with Gasteiger partial charge in [-0.25, -0.2) is 9.59 Å². The van der Waals surface area contributed by atoms with E-state index in [1.165, 1.54) is 11.3 Å². The summed E-state index contributed by atoms with van der Waals surface area (Å²) in [6, 6.07) is 3.64. The second-order valence-corrected chi connectivity index (χ2v) is 5.01. The molecule has 0 fully saturated rings. The maximum Gasteiger partial charge on any atom is 0.328 e. The Morgan fingerprint density at radius 1 is 1.37 bits per heavy atom. The van der Waals surface area contributed by atoms with E-state index in [-0.39, 0.29) is 6.03 Å². The van der Waals surface area contributed by atoms with Crippen LogP contribution in [-0.4, -0.2) is 35.1 Å². The van der Waals surface area contributed by atoms with Crippen molar-refractivity contribution in [3.8, 4) is 0 Å². The molecule has 0 atom stereocenters. The Morgan fingerprint density at radius 2 is 2.05 bits per heavy atom. The molecule has 6 heteroatoms. The molecule has 0 bridgehead atoms. The van der Waals surface area contributed by atoms with Crippen molar-refractivity contribution in [1.82, 2.24) is 10.2 Å². The van der Waals surface area contributed by atoms with E-state index in [0.717, 1.165) is 15.8 Å². The monoisotopic (exact) mass is 282 g/mol. The van der Waals surface area contributed by atoms with Gasteiger partial charge in [0.05, 0.1) is 6.54 Å². The van der Waals surface area contributed by atoms with Gasteiger partial charge in [-0.3, -0.25) is 0 Å². The predicted molar refractivity (Wildman–Crippen MR) is 76.1 cm³/mol. The zero-order chi connectivity index (χ0) is 14.3. The summed E-state index contributed by atoms with van der Waals surface area (Å²) < 4.78 is 0. The van der Waals surface area contributed by atoms with Gasteiger partial charge in [0.15, 0.2) is 0 Å². The Labute approximate surface area is 116 Å². The van der Waals surface area contributed by atoms with Crippen molar-refractivity contribution < 1.29 is 14.7 Å². The van der Waals surface area contributed by atoms with E-state index < -0.39 is 5.97 Å². The van der Waals surface area contributed by atoms with Crippen LogP contribution < -0.4 is 5.32 Å². The molecule has 5 nitrogen and oxygen atoms in total. The Hall–Kier alpha value is -1.82. The molecule has 0 saturated heterocycles. The number of amides is 2. The molecular weight excluding hydrogens is 264 g/mol. The molecule has 1 rings (SSSR count). The summed E-state index contributed by atoms with van der Waals surface area (Å²) in [5, 5.41) is 11.4. The number of carbonyl (C=O) groups is 2. The van der Waals surface area contributed by atoms with Crippen LogP contribution in [0.25, 0.3) is 6.08 Å². The minimum Gasteiger partial charge on any atom is -0.478 e. The molecule has 0 aromatic carbocycles. The molecule has 1 aromatic heterocycles. The Morgan fingerprint density at radius 3 is 2.63 bits per heavy atom. The van der Waals surface area contributed by atoms with Crippen LogP contribution in [-0.2, 0) is 11.3 Å². The van der Waals surface area contributed by atoms with Crippen molar-refractivity contribution in [2.75, 3.05) is 13.1 Å². The average molecular weight is 282 g/mol. The minimum absolute atomic E-state index is 0.0824. The van der Waals surface area contributed by atoms with Crippen molar-refractivity contribution in [3.63, 3.8) is 0 Å². The number of hydrogen-bond acceptors (Lipinski definition) is 3. The third-order valence-electron chi connectivity index (χ3n) is 2.54. The van der Waals surface area contributed by atoms with Gasteiger partial charge in [0.25, 0.3) is 0 Å². The third kappa shape index (κ3) is 5.13. The van der Waals surface area contributed by atoms with Crippen LogP contribution in [0.2, 0.25) is 0 Å². The number of nitrogens with one attached hydrogen (secondary N) is 1. The lowest BCUT2D eigenvalue weighted by atomic mass is 10.4. The molecule has 0 unspecified atom stereocenters. The fraction of sp³-hybridized carbons (Fsp3) is 0.385. The maximum atomic E-state index is 11.7. The Kier molecular flexibility index (Phi) is 6.08. The summed E-state index contributed by atoms with van der Waals surface area (Å²) in [4.78, 5) is 25.7. The van der Waals surface area contributed by atoms with Crippen molar-refractivity contribution in [2.24, 2.45) is 0 Å². The fourth-order valence-corrected chi connectivity index (χ4v) is 2.37. The van der Waals surface area contributed by atoms with Crippen molar-refractivity contribution in [3.05, 3.63) is 28.0 Å². The number of urea groups is 1. The molecule has 0 saturated carbocycles. The van der Waals surface area contributed by atoms with Gasteiger partial charge < -0.3 is 15.3 Å². The highest BCUT2D eigenvalue weighted by Crippen LogP contribution is 2.17. The van der Waals surface area contributed by atoms with Crippen LogP contribution in [0.15, 0.2) is 18.2 Å². The zero-order valence-electron chi connectivity index (χ0n) is 11.0. The SMILES string of the molecule is CCN(CC)C(=O)NCc1ccc(C=CC(=O)O)s1. The highest BCUT2D eigenvalue weighted by atomic mass is 32.1. The summed E-state index contributed by atoms with van der Waals surface area (Å²) in [5.41, 5.74) is 0. The quantitative estimate of drug-likeness (QED) is 0.787. The highest BCUT2D eigenvalue weighted by molar-refractivity contribution is 7.12. The molecule has 0 radical (unpaired) electrons. The van der Waals surface area contributed by atoms with Crippen LogP contribution in [0.3, 0.4) is 0 Å². The number of nitrogens with zero attached hydrogens (tertiary/aromatic N) is 1. The Balaban J connectivity index is 2.50. The summed E-state index contributed by atoms with van der Waals surface area (Å²) in [6.07, 6.45) is 2.65. The first-order chi connectivity index (χ1) is 9.06. The number of hydrogen-bond donors (Lipinski definition) is 2. The summed E-state index contributed by atoms with van der Waals surface area (Å²) in [5.74, 6) is -0.968. The molecule has 1 heterocycles. The molecule has 0 spiro atoms. The van der Waals surface area contributed by atoms with Crippen molar-refractivity contribution in [2.45, 2.75) is 20.4 Å². The van der Waals surface area contributed by atoms with Gasteiger partial charge in [-0.2, -0.15) is 0 Å². The van der Waals surface area contributed by atoms with Gasteiger partial charge in [0.1, 0.15) is 0 Å². The molecular formula is C13H18N2O3S. The lowest BCUT2D eigenvalue weighted by Crippen LogP contribution is -2.39. The molecule has 0 aliphatic carbocycles. The molecule has 2 amide bonds. The molecule has 1 aromatic rings. The van der Waals surface area contributed by atoms with Gasteiger partial charge >= 0.3 is 12.0 Å². The number of carbonyl (C=O) groups excluding carboxylic acids is 1. The van der Waals surface area contributed by atoms with Crippen molar-refractivity contribution >= 4 is 29.4 Å². The van der Waals surface area contributed by atoms with E-state index in [1.807, 2.05) is 26.0 Å². The van der Waals surface area contributed by atoms with Gasteiger partial charge in [-0.05, 0) is 32.1 Å². The van der Waals surface area contributed by atoms with E-state index in [2.05, 4.69) is 5.32 Å². The van der Waals surface area contributed by atoms with E-state index in [0.29, 0.717) is 19.6 Å². The van der Waals surface area contributed by atoms with E-state index in [9.17, 15) is 9.59 Å². The van der Waals surface area contributed by atoms with Gasteiger partial charge in [0.2, 0.25) is 0 Å². The number of rotatable bonds is 6.